The molecule has 42 heavy (non-hydrogen) atoms. The summed E-state index contributed by atoms with van der Waals surface area (Å²) >= 11 is 1.27. The second-order valence-electron chi connectivity index (χ2n) is 9.50. The van der Waals surface area contributed by atoms with Gasteiger partial charge in [0.15, 0.2) is 11.5 Å². The van der Waals surface area contributed by atoms with Gasteiger partial charge in [0.05, 0.1) is 38.7 Å². The molecule has 218 valence electrons. The largest absolute Gasteiger partial charge is 0.493 e. The van der Waals surface area contributed by atoms with Crippen LogP contribution < -0.4 is 30.2 Å². The number of amides is 3. The van der Waals surface area contributed by atoms with Crippen LogP contribution in [0, 0.1) is 5.92 Å². The van der Waals surface area contributed by atoms with Gasteiger partial charge in [0, 0.05) is 16.5 Å². The minimum atomic E-state index is -0.472. The molecule has 1 atom stereocenters. The van der Waals surface area contributed by atoms with E-state index >= 15 is 0 Å². The van der Waals surface area contributed by atoms with Gasteiger partial charge in [-0.3, -0.25) is 14.4 Å². The van der Waals surface area contributed by atoms with E-state index in [4.69, 9.17) is 14.2 Å². The Morgan fingerprint density at radius 3 is 1.86 bits per heavy atom. The van der Waals surface area contributed by atoms with Crippen molar-refractivity contribution in [3.05, 3.63) is 93.9 Å². The third-order valence-corrected chi connectivity index (χ3v) is 7.29. The first-order valence-corrected chi connectivity index (χ1v) is 14.0. The summed E-state index contributed by atoms with van der Waals surface area (Å²) in [5, 5.41) is 10.9. The minimum Gasteiger partial charge on any atom is -0.493 e. The molecule has 4 rings (SSSR count). The van der Waals surface area contributed by atoms with Crippen LogP contribution in [-0.4, -0.2) is 44.0 Å². The Labute approximate surface area is 248 Å². The quantitative estimate of drug-likeness (QED) is 0.202. The highest BCUT2D eigenvalue weighted by atomic mass is 32.1. The monoisotopic (exact) mass is 588 g/mol. The maximum Gasteiger partial charge on any atom is 0.275 e. The number of anilines is 2. The number of hydrogen-bond donors (Lipinski definition) is 3. The highest BCUT2D eigenvalue weighted by Crippen LogP contribution is 2.38. The van der Waals surface area contributed by atoms with E-state index < -0.39 is 11.9 Å². The zero-order valence-electron chi connectivity index (χ0n) is 23.9. The van der Waals surface area contributed by atoms with Gasteiger partial charge in [0.2, 0.25) is 5.75 Å². The Kier molecular flexibility index (Phi) is 9.77. The highest BCUT2D eigenvalue weighted by Gasteiger charge is 2.25. The summed E-state index contributed by atoms with van der Waals surface area (Å²) in [6.45, 7) is 3.90. The maximum atomic E-state index is 13.3. The van der Waals surface area contributed by atoms with Gasteiger partial charge in [-0.15, -0.1) is 11.3 Å². The fourth-order valence-electron chi connectivity index (χ4n) is 4.16. The standard InChI is InChI=1S/C31H32N4O6S/c1-18(2)26(35-29(37)20-15-24(39-3)27(41-5)25(16-20)40-4)31-34-23(17-42-31)30(38)33-22-14-10-9-13-21(22)32-28(36)19-11-7-6-8-12-19/h6-18,26H,1-5H3,(H,32,36)(H,33,38)(H,35,37). The van der Waals surface area contributed by atoms with Crippen molar-refractivity contribution in [2.45, 2.75) is 19.9 Å². The number of benzene rings is 3. The number of nitrogens with zero attached hydrogens (tertiary/aromatic N) is 1. The number of hydrogen-bond acceptors (Lipinski definition) is 8. The summed E-state index contributed by atoms with van der Waals surface area (Å²) in [5.41, 5.74) is 1.88. The first-order valence-electron chi connectivity index (χ1n) is 13.1. The lowest BCUT2D eigenvalue weighted by molar-refractivity contribution is 0.0924. The van der Waals surface area contributed by atoms with Crippen molar-refractivity contribution in [2.24, 2.45) is 5.92 Å². The van der Waals surface area contributed by atoms with Crippen LogP contribution in [0.4, 0.5) is 11.4 Å². The molecule has 1 unspecified atom stereocenters. The van der Waals surface area contributed by atoms with Gasteiger partial charge in [-0.1, -0.05) is 44.2 Å². The molecule has 0 aliphatic rings. The van der Waals surface area contributed by atoms with Crippen molar-refractivity contribution < 1.29 is 28.6 Å². The molecule has 0 bridgehead atoms. The number of thiazole rings is 1. The number of carbonyl (C=O) groups excluding carboxylic acids is 3. The van der Waals surface area contributed by atoms with Crippen molar-refractivity contribution >= 4 is 40.4 Å². The lowest BCUT2D eigenvalue weighted by atomic mass is 10.0. The smallest absolute Gasteiger partial charge is 0.275 e. The zero-order chi connectivity index (χ0) is 30.2. The van der Waals surface area contributed by atoms with Crippen molar-refractivity contribution in [2.75, 3.05) is 32.0 Å². The topological polar surface area (TPSA) is 128 Å². The first-order chi connectivity index (χ1) is 20.2. The van der Waals surface area contributed by atoms with Gasteiger partial charge >= 0.3 is 0 Å². The van der Waals surface area contributed by atoms with E-state index in [1.165, 1.54) is 32.7 Å². The number of carbonyl (C=O) groups is 3. The first kappa shape index (κ1) is 30.1. The fraction of sp³-hybridized carbons (Fsp3) is 0.226. The molecule has 0 fully saturated rings. The van der Waals surface area contributed by atoms with Crippen molar-refractivity contribution in [3.8, 4) is 17.2 Å². The van der Waals surface area contributed by atoms with Crippen LogP contribution in [0.1, 0.15) is 56.1 Å². The predicted octanol–water partition coefficient (Wildman–Crippen LogP) is 5.80. The number of para-hydroxylation sites is 2. The second-order valence-corrected chi connectivity index (χ2v) is 10.4. The van der Waals surface area contributed by atoms with Gasteiger partial charge in [-0.05, 0) is 42.3 Å². The molecule has 3 amide bonds. The fourth-order valence-corrected chi connectivity index (χ4v) is 5.18. The Morgan fingerprint density at radius 2 is 1.31 bits per heavy atom. The molecular formula is C31H32N4O6S. The summed E-state index contributed by atoms with van der Waals surface area (Å²) in [7, 11) is 4.45. The van der Waals surface area contributed by atoms with Gasteiger partial charge in [-0.2, -0.15) is 0 Å². The van der Waals surface area contributed by atoms with E-state index in [1.54, 1.807) is 66.0 Å². The van der Waals surface area contributed by atoms with Gasteiger partial charge in [-0.25, -0.2) is 4.98 Å². The SMILES string of the molecule is COc1cc(C(=O)NC(c2nc(C(=O)Nc3ccccc3NC(=O)c3ccccc3)cs2)C(C)C)cc(OC)c1OC. The Hall–Kier alpha value is -4.90. The van der Waals surface area contributed by atoms with Crippen LogP contribution in [0.5, 0.6) is 17.2 Å². The average Bonchev–Trinajstić information content (AvgIpc) is 3.50. The lowest BCUT2D eigenvalue weighted by Gasteiger charge is -2.21. The minimum absolute atomic E-state index is 0.0352. The molecule has 1 heterocycles. The lowest BCUT2D eigenvalue weighted by Crippen LogP contribution is -2.32. The average molecular weight is 589 g/mol. The highest BCUT2D eigenvalue weighted by molar-refractivity contribution is 7.10. The van der Waals surface area contributed by atoms with Crippen molar-refractivity contribution in [1.29, 1.82) is 0 Å². The number of rotatable bonds is 11. The van der Waals surface area contributed by atoms with E-state index in [9.17, 15) is 14.4 Å². The third-order valence-electron chi connectivity index (χ3n) is 6.36. The normalized spacial score (nSPS) is 11.4. The maximum absolute atomic E-state index is 13.3. The molecule has 4 aromatic rings. The van der Waals surface area contributed by atoms with Crippen LogP contribution in [0.25, 0.3) is 0 Å². The predicted molar refractivity (Wildman–Crippen MR) is 162 cm³/mol. The molecule has 3 N–H and O–H groups in total. The van der Waals surface area contributed by atoms with Gasteiger partial charge in [0.1, 0.15) is 10.7 Å². The Balaban J connectivity index is 1.50. The van der Waals surface area contributed by atoms with Crippen molar-refractivity contribution in [3.63, 3.8) is 0 Å². The van der Waals surface area contributed by atoms with Gasteiger partial charge < -0.3 is 30.2 Å². The van der Waals surface area contributed by atoms with E-state index in [2.05, 4.69) is 20.9 Å². The Morgan fingerprint density at radius 1 is 0.738 bits per heavy atom. The zero-order valence-corrected chi connectivity index (χ0v) is 24.7. The molecular weight excluding hydrogens is 556 g/mol. The summed E-state index contributed by atoms with van der Waals surface area (Å²) in [6.07, 6.45) is 0. The third kappa shape index (κ3) is 6.87. The van der Waals surface area contributed by atoms with E-state index in [0.717, 1.165) is 0 Å². The molecule has 3 aromatic carbocycles. The molecule has 0 saturated heterocycles. The molecule has 0 aliphatic carbocycles. The van der Waals surface area contributed by atoms with Crippen LogP contribution in [0.2, 0.25) is 0 Å². The summed E-state index contributed by atoms with van der Waals surface area (Å²) in [5.74, 6) is -0.0423. The molecule has 0 aliphatic heterocycles. The molecule has 10 nitrogen and oxygen atoms in total. The van der Waals surface area contributed by atoms with Gasteiger partial charge in [0.25, 0.3) is 17.7 Å². The molecule has 0 saturated carbocycles. The number of methoxy groups -OCH3 is 3. The summed E-state index contributed by atoms with van der Waals surface area (Å²) in [6, 6.07) is 18.4. The molecule has 0 radical (unpaired) electrons. The van der Waals surface area contributed by atoms with Crippen LogP contribution in [0.3, 0.4) is 0 Å². The molecule has 11 heteroatoms. The summed E-state index contributed by atoms with van der Waals surface area (Å²) in [4.78, 5) is 43.7. The summed E-state index contributed by atoms with van der Waals surface area (Å²) < 4.78 is 16.1. The van der Waals surface area contributed by atoms with E-state index in [1.807, 2.05) is 19.9 Å². The van der Waals surface area contributed by atoms with E-state index in [0.29, 0.717) is 44.8 Å². The Bertz CT molecular complexity index is 1550. The number of aromatic nitrogens is 1. The number of nitrogens with one attached hydrogen (secondary N) is 3. The van der Waals surface area contributed by atoms with Crippen molar-refractivity contribution in [1.82, 2.24) is 10.3 Å². The number of ether oxygens (including phenoxy) is 3. The van der Waals surface area contributed by atoms with Crippen LogP contribution in [-0.2, 0) is 0 Å². The molecule has 0 spiro atoms. The van der Waals surface area contributed by atoms with Crippen LogP contribution >= 0.6 is 11.3 Å². The van der Waals surface area contributed by atoms with Crippen LogP contribution in [0.15, 0.2) is 72.1 Å². The second kappa shape index (κ2) is 13.6. The molecule has 1 aromatic heterocycles. The van der Waals surface area contributed by atoms with E-state index in [-0.39, 0.29) is 23.4 Å².